The van der Waals surface area contributed by atoms with Crippen molar-refractivity contribution in [2.45, 2.75) is 19.8 Å². The predicted molar refractivity (Wildman–Crippen MR) is 91.0 cm³/mol. The van der Waals surface area contributed by atoms with Crippen molar-refractivity contribution in [2.75, 3.05) is 0 Å². The Morgan fingerprint density at radius 3 is 2.68 bits per heavy atom. The smallest absolute Gasteiger partial charge is 0.143 e. The molecule has 0 bridgehead atoms. The highest BCUT2D eigenvalue weighted by atomic mass is 16.3. The number of hydrogen-bond donors (Lipinski definition) is 0. The average molecular weight is 287 g/mol. The van der Waals surface area contributed by atoms with Gasteiger partial charge in [-0.2, -0.15) is 0 Å². The highest BCUT2D eigenvalue weighted by Crippen LogP contribution is 2.35. The number of pyridine rings is 1. The highest BCUT2D eigenvalue weighted by molar-refractivity contribution is 6.09. The van der Waals surface area contributed by atoms with Crippen LogP contribution in [0.25, 0.3) is 33.1 Å². The van der Waals surface area contributed by atoms with E-state index in [1.807, 2.05) is 12.3 Å². The molecule has 0 aliphatic rings. The molecule has 0 unspecified atom stereocenters. The fourth-order valence-corrected chi connectivity index (χ4v) is 2.93. The molecular formula is C20H17NO. The third kappa shape index (κ3) is 2.00. The van der Waals surface area contributed by atoms with E-state index in [1.165, 1.54) is 11.1 Å². The molecule has 2 heterocycles. The van der Waals surface area contributed by atoms with Gasteiger partial charge in [0, 0.05) is 28.7 Å². The second kappa shape index (κ2) is 4.99. The fraction of sp³-hybridized carbons (Fsp3) is 0.150. The maximum absolute atomic E-state index is 6.10. The molecule has 2 heteroatoms. The summed E-state index contributed by atoms with van der Waals surface area (Å²) in [6.07, 6.45) is 3.64. The summed E-state index contributed by atoms with van der Waals surface area (Å²) >= 11 is 0. The van der Waals surface area contributed by atoms with Gasteiger partial charge in [0.25, 0.3) is 0 Å². The lowest BCUT2D eigenvalue weighted by molar-refractivity contribution is 0.669. The number of benzene rings is 2. The SMILES string of the molecule is CC(C)c1cccc(-c2cccc3c2oc2ccncc23)c1. The van der Waals surface area contributed by atoms with E-state index < -0.39 is 0 Å². The molecule has 0 atom stereocenters. The number of fused-ring (bicyclic) bond motifs is 3. The van der Waals surface area contributed by atoms with Gasteiger partial charge in [-0.25, -0.2) is 0 Å². The van der Waals surface area contributed by atoms with Crippen molar-refractivity contribution < 1.29 is 4.42 Å². The van der Waals surface area contributed by atoms with Crippen LogP contribution < -0.4 is 0 Å². The minimum absolute atomic E-state index is 0.513. The van der Waals surface area contributed by atoms with Crippen LogP contribution in [0.1, 0.15) is 25.3 Å². The molecular weight excluding hydrogens is 270 g/mol. The van der Waals surface area contributed by atoms with Crippen molar-refractivity contribution in [3.63, 3.8) is 0 Å². The van der Waals surface area contributed by atoms with Gasteiger partial charge in [0.05, 0.1) is 0 Å². The van der Waals surface area contributed by atoms with Crippen LogP contribution in [-0.2, 0) is 0 Å². The monoisotopic (exact) mass is 287 g/mol. The molecule has 0 fully saturated rings. The second-order valence-corrected chi connectivity index (χ2v) is 5.94. The van der Waals surface area contributed by atoms with Crippen LogP contribution in [0, 0.1) is 0 Å². The summed E-state index contributed by atoms with van der Waals surface area (Å²) in [4.78, 5) is 4.21. The summed E-state index contributed by atoms with van der Waals surface area (Å²) in [5.41, 5.74) is 5.50. The summed E-state index contributed by atoms with van der Waals surface area (Å²) < 4.78 is 6.10. The Hall–Kier alpha value is -2.61. The van der Waals surface area contributed by atoms with Gasteiger partial charge < -0.3 is 4.42 Å². The van der Waals surface area contributed by atoms with E-state index in [0.29, 0.717) is 5.92 Å². The van der Waals surface area contributed by atoms with E-state index >= 15 is 0 Å². The van der Waals surface area contributed by atoms with Crippen molar-refractivity contribution >= 4 is 21.9 Å². The van der Waals surface area contributed by atoms with E-state index in [9.17, 15) is 0 Å². The zero-order valence-electron chi connectivity index (χ0n) is 12.7. The number of nitrogens with zero attached hydrogens (tertiary/aromatic N) is 1. The quantitative estimate of drug-likeness (QED) is 0.467. The van der Waals surface area contributed by atoms with Gasteiger partial charge in [0.1, 0.15) is 11.2 Å². The lowest BCUT2D eigenvalue weighted by Crippen LogP contribution is -1.88. The summed E-state index contributed by atoms with van der Waals surface area (Å²) in [5.74, 6) is 0.513. The number of furan rings is 1. The molecule has 0 aliphatic heterocycles. The zero-order chi connectivity index (χ0) is 15.1. The summed E-state index contributed by atoms with van der Waals surface area (Å²) in [5, 5.41) is 2.19. The van der Waals surface area contributed by atoms with Gasteiger partial charge >= 0.3 is 0 Å². The largest absolute Gasteiger partial charge is 0.455 e. The van der Waals surface area contributed by atoms with Gasteiger partial charge in [-0.15, -0.1) is 0 Å². The molecule has 108 valence electrons. The Balaban J connectivity index is 2.01. The highest BCUT2D eigenvalue weighted by Gasteiger charge is 2.12. The Morgan fingerprint density at radius 2 is 1.82 bits per heavy atom. The molecule has 2 aromatic heterocycles. The Morgan fingerprint density at radius 1 is 0.955 bits per heavy atom. The second-order valence-electron chi connectivity index (χ2n) is 5.94. The molecule has 0 aliphatic carbocycles. The minimum atomic E-state index is 0.513. The Labute approximate surface area is 129 Å². The molecule has 0 amide bonds. The lowest BCUT2D eigenvalue weighted by Gasteiger charge is -2.08. The topological polar surface area (TPSA) is 26.0 Å². The molecule has 0 saturated heterocycles. The lowest BCUT2D eigenvalue weighted by atomic mass is 9.96. The molecule has 0 spiro atoms. The van der Waals surface area contributed by atoms with Crippen LogP contribution >= 0.6 is 0 Å². The maximum Gasteiger partial charge on any atom is 0.143 e. The number of aromatic nitrogens is 1. The number of para-hydroxylation sites is 1. The summed E-state index contributed by atoms with van der Waals surface area (Å²) in [7, 11) is 0. The molecule has 0 saturated carbocycles. The van der Waals surface area contributed by atoms with Crippen LogP contribution in [0.5, 0.6) is 0 Å². The van der Waals surface area contributed by atoms with Crippen molar-refractivity contribution in [1.82, 2.24) is 4.98 Å². The normalized spacial score (nSPS) is 11.6. The van der Waals surface area contributed by atoms with E-state index in [2.05, 4.69) is 61.3 Å². The van der Waals surface area contributed by atoms with Crippen molar-refractivity contribution in [2.24, 2.45) is 0 Å². The van der Waals surface area contributed by atoms with Crippen LogP contribution in [0.2, 0.25) is 0 Å². The van der Waals surface area contributed by atoms with Crippen molar-refractivity contribution in [3.8, 4) is 11.1 Å². The van der Waals surface area contributed by atoms with Gasteiger partial charge in [0.2, 0.25) is 0 Å². The van der Waals surface area contributed by atoms with Gasteiger partial charge in [-0.05, 0) is 23.1 Å². The van der Waals surface area contributed by atoms with Gasteiger partial charge in [-0.1, -0.05) is 56.3 Å². The van der Waals surface area contributed by atoms with E-state index in [-0.39, 0.29) is 0 Å². The first-order chi connectivity index (χ1) is 10.7. The molecule has 4 aromatic rings. The van der Waals surface area contributed by atoms with Crippen LogP contribution in [-0.4, -0.2) is 4.98 Å². The third-order valence-electron chi connectivity index (χ3n) is 4.16. The third-order valence-corrected chi connectivity index (χ3v) is 4.16. The minimum Gasteiger partial charge on any atom is -0.455 e. The van der Waals surface area contributed by atoms with E-state index in [1.54, 1.807) is 6.20 Å². The number of rotatable bonds is 2. The molecule has 2 aromatic carbocycles. The first kappa shape index (κ1) is 13.1. The molecule has 0 radical (unpaired) electrons. The van der Waals surface area contributed by atoms with E-state index in [0.717, 1.165) is 27.5 Å². The first-order valence-electron chi connectivity index (χ1n) is 7.59. The average Bonchev–Trinajstić information content (AvgIpc) is 2.93. The molecule has 0 N–H and O–H groups in total. The maximum atomic E-state index is 6.10. The Kier molecular flexibility index (Phi) is 2.97. The molecule has 4 rings (SSSR count). The first-order valence-corrected chi connectivity index (χ1v) is 7.59. The van der Waals surface area contributed by atoms with E-state index in [4.69, 9.17) is 4.42 Å². The molecule has 2 nitrogen and oxygen atoms in total. The number of hydrogen-bond acceptors (Lipinski definition) is 2. The standard InChI is InChI=1S/C20H17NO/c1-13(2)14-5-3-6-15(11-14)16-7-4-8-17-18-12-21-10-9-19(18)22-20(16)17/h3-13H,1-2H3. The zero-order valence-corrected chi connectivity index (χ0v) is 12.7. The van der Waals surface area contributed by atoms with Crippen molar-refractivity contribution in [3.05, 3.63) is 66.5 Å². The molecule has 22 heavy (non-hydrogen) atoms. The van der Waals surface area contributed by atoms with Gasteiger partial charge in [0.15, 0.2) is 0 Å². The predicted octanol–water partition coefficient (Wildman–Crippen LogP) is 5.77. The van der Waals surface area contributed by atoms with Crippen LogP contribution in [0.4, 0.5) is 0 Å². The van der Waals surface area contributed by atoms with Crippen LogP contribution in [0.15, 0.2) is 65.3 Å². The van der Waals surface area contributed by atoms with Crippen LogP contribution in [0.3, 0.4) is 0 Å². The summed E-state index contributed by atoms with van der Waals surface area (Å²) in [6.45, 7) is 4.43. The summed E-state index contributed by atoms with van der Waals surface area (Å²) in [6, 6.07) is 16.9. The Bertz CT molecular complexity index is 966. The fourth-order valence-electron chi connectivity index (χ4n) is 2.93. The van der Waals surface area contributed by atoms with Crippen molar-refractivity contribution in [1.29, 1.82) is 0 Å². The van der Waals surface area contributed by atoms with Gasteiger partial charge in [-0.3, -0.25) is 4.98 Å².